The van der Waals surface area contributed by atoms with E-state index in [2.05, 4.69) is 0 Å². The van der Waals surface area contributed by atoms with E-state index < -0.39 is 6.85 Å². The molecule has 0 aliphatic rings. The molecule has 0 N–H and O–H groups in total. The zero-order chi connectivity index (χ0) is 10.3. The predicted octanol–water partition coefficient (Wildman–Crippen LogP) is 2.13. The van der Waals surface area contributed by atoms with Gasteiger partial charge in [-0.3, -0.25) is 4.79 Å². The molecule has 2 heteroatoms. The average molecular weight is 147 g/mol. The summed E-state index contributed by atoms with van der Waals surface area (Å²) in [6, 6.07) is 0. The second kappa shape index (κ2) is 6.59. The van der Waals surface area contributed by atoms with E-state index in [0.717, 1.165) is 6.42 Å². The van der Waals surface area contributed by atoms with E-state index in [4.69, 9.17) is 8.85 Å². The third-order valence-corrected chi connectivity index (χ3v) is 1.04. The topological polar surface area (TPSA) is 26.3 Å². The Kier molecular flexibility index (Phi) is 3.40. The van der Waals surface area contributed by atoms with Crippen LogP contribution in [0.3, 0.4) is 0 Å². The van der Waals surface area contributed by atoms with Crippen LogP contribution in [0.1, 0.15) is 43.6 Å². The molecule has 0 aromatic carbocycles. The van der Waals surface area contributed by atoms with Crippen molar-refractivity contribution in [1.29, 1.82) is 0 Å². The monoisotopic (exact) mass is 147 g/mol. The van der Waals surface area contributed by atoms with Crippen LogP contribution >= 0.6 is 0 Å². The molecule has 0 radical (unpaired) electrons. The molecule has 0 aromatic rings. The zero-order valence-electron chi connectivity index (χ0n) is 9.35. The Morgan fingerprint density at radius 2 is 2.40 bits per heavy atom. The van der Waals surface area contributed by atoms with Crippen molar-refractivity contribution in [1.82, 2.24) is 0 Å². The zero-order valence-corrected chi connectivity index (χ0v) is 6.35. The number of rotatable bonds is 5. The minimum absolute atomic E-state index is 0.104. The lowest BCUT2D eigenvalue weighted by atomic mass is 10.3. The lowest BCUT2D eigenvalue weighted by Gasteiger charge is -2.00. The minimum Gasteiger partial charge on any atom is -0.466 e. The van der Waals surface area contributed by atoms with Gasteiger partial charge in [0.15, 0.2) is 0 Å². The van der Waals surface area contributed by atoms with Crippen molar-refractivity contribution >= 4 is 5.97 Å². The van der Waals surface area contributed by atoms with Crippen molar-refractivity contribution in [3.63, 3.8) is 0 Å². The van der Waals surface area contributed by atoms with E-state index >= 15 is 0 Å². The molecule has 2 nitrogen and oxygen atoms in total. The highest BCUT2D eigenvalue weighted by Crippen LogP contribution is 1.93. The summed E-state index contributed by atoms with van der Waals surface area (Å²) in [6.45, 7) is 0.206. The number of ether oxygens (including phenoxy) is 1. The Labute approximate surface area is 66.8 Å². The first-order valence-corrected chi connectivity index (χ1v) is 3.61. The van der Waals surface area contributed by atoms with Gasteiger partial charge in [-0.25, -0.2) is 0 Å². The molecule has 0 saturated carbocycles. The number of hydrogen-bond acceptors (Lipinski definition) is 2. The van der Waals surface area contributed by atoms with Crippen LogP contribution in [0.2, 0.25) is 0 Å². The fourth-order valence-electron chi connectivity index (χ4n) is 0.534. The van der Waals surface area contributed by atoms with Gasteiger partial charge in [0.25, 0.3) is 0 Å². The van der Waals surface area contributed by atoms with Gasteiger partial charge in [-0.15, -0.1) is 0 Å². The quantitative estimate of drug-likeness (QED) is 0.440. The van der Waals surface area contributed by atoms with Gasteiger partial charge in [0, 0.05) is 10.5 Å². The second-order valence-corrected chi connectivity index (χ2v) is 2.07. The normalized spacial score (nSPS) is 15.1. The standard InChI is InChI=1S/C8H16O2/c1-3-5-7-10-8(9)6-4-2/h3-7H2,1-2H3/i1D3. The molecule has 0 aliphatic heterocycles. The first-order valence-electron chi connectivity index (χ1n) is 5.11. The summed E-state index contributed by atoms with van der Waals surface area (Å²) in [6.07, 6.45) is 1.68. The first kappa shape index (κ1) is 5.16. The SMILES string of the molecule is [2H]C([2H])([2H])CCCOC(=O)CCC. The van der Waals surface area contributed by atoms with Crippen molar-refractivity contribution in [2.75, 3.05) is 6.61 Å². The van der Waals surface area contributed by atoms with Gasteiger partial charge < -0.3 is 4.74 Å². The van der Waals surface area contributed by atoms with Crippen LogP contribution in [0.25, 0.3) is 0 Å². The third-order valence-electron chi connectivity index (χ3n) is 1.04. The third kappa shape index (κ3) is 5.60. The summed E-state index contributed by atoms with van der Waals surface area (Å²) < 4.78 is 25.5. The predicted molar refractivity (Wildman–Crippen MR) is 40.8 cm³/mol. The van der Waals surface area contributed by atoms with Gasteiger partial charge in [-0.1, -0.05) is 20.2 Å². The maximum Gasteiger partial charge on any atom is 0.305 e. The molecule has 0 rings (SSSR count). The van der Waals surface area contributed by atoms with Crippen LogP contribution in [0, 0.1) is 0 Å². The Morgan fingerprint density at radius 1 is 1.60 bits per heavy atom. The van der Waals surface area contributed by atoms with E-state index in [1.54, 1.807) is 0 Å². The summed E-state index contributed by atoms with van der Waals surface area (Å²) in [7, 11) is 0. The van der Waals surface area contributed by atoms with Gasteiger partial charge in [0.1, 0.15) is 0 Å². The summed E-state index contributed by atoms with van der Waals surface area (Å²) >= 11 is 0. The number of carbonyl (C=O) groups is 1. The summed E-state index contributed by atoms with van der Waals surface area (Å²) in [5.41, 5.74) is 0. The van der Waals surface area contributed by atoms with Gasteiger partial charge in [0.05, 0.1) is 6.61 Å². The Bertz CT molecular complexity index is 154. The highest BCUT2D eigenvalue weighted by atomic mass is 16.5. The summed E-state index contributed by atoms with van der Waals surface area (Å²) in [5.74, 6) is -0.243. The van der Waals surface area contributed by atoms with Crippen molar-refractivity contribution < 1.29 is 13.6 Å². The molecule has 0 aromatic heterocycles. The van der Waals surface area contributed by atoms with Crippen LogP contribution in [-0.2, 0) is 9.53 Å². The maximum atomic E-state index is 10.8. The maximum absolute atomic E-state index is 10.8. The lowest BCUT2D eigenvalue weighted by molar-refractivity contribution is -0.143. The highest BCUT2D eigenvalue weighted by Gasteiger charge is 1.97. The van der Waals surface area contributed by atoms with Crippen molar-refractivity contribution in [2.24, 2.45) is 0 Å². The lowest BCUT2D eigenvalue weighted by Crippen LogP contribution is -2.04. The van der Waals surface area contributed by atoms with Crippen molar-refractivity contribution in [3.8, 4) is 0 Å². The molecule has 60 valence electrons. The molecule has 0 amide bonds. The molecule has 0 bridgehead atoms. The molecular weight excluding hydrogens is 128 g/mol. The fourth-order valence-corrected chi connectivity index (χ4v) is 0.534. The molecule has 0 unspecified atom stereocenters. The van der Waals surface area contributed by atoms with E-state index in [0.29, 0.717) is 12.8 Å². The summed E-state index contributed by atoms with van der Waals surface area (Å²) in [4.78, 5) is 10.8. The Hall–Kier alpha value is -0.530. The van der Waals surface area contributed by atoms with E-state index in [1.165, 1.54) is 0 Å². The fraction of sp³-hybridized carbons (Fsp3) is 0.875. The van der Waals surface area contributed by atoms with E-state index in [1.807, 2.05) is 6.92 Å². The van der Waals surface area contributed by atoms with Crippen LogP contribution in [0.15, 0.2) is 0 Å². The van der Waals surface area contributed by atoms with Crippen LogP contribution in [0.4, 0.5) is 0 Å². The highest BCUT2D eigenvalue weighted by molar-refractivity contribution is 5.69. The second-order valence-electron chi connectivity index (χ2n) is 2.07. The molecule has 10 heavy (non-hydrogen) atoms. The number of carbonyl (C=O) groups excluding carboxylic acids is 1. The molecule has 0 fully saturated rings. The number of esters is 1. The van der Waals surface area contributed by atoms with Gasteiger partial charge in [-0.05, 0) is 12.8 Å². The van der Waals surface area contributed by atoms with Crippen LogP contribution in [-0.4, -0.2) is 12.6 Å². The van der Waals surface area contributed by atoms with E-state index in [9.17, 15) is 4.79 Å². The van der Waals surface area contributed by atoms with Gasteiger partial charge in [-0.2, -0.15) is 0 Å². The smallest absolute Gasteiger partial charge is 0.305 e. The van der Waals surface area contributed by atoms with Gasteiger partial charge >= 0.3 is 5.97 Å². The molecular formula is C8H16O2. The Morgan fingerprint density at radius 3 is 3.00 bits per heavy atom. The van der Waals surface area contributed by atoms with Crippen molar-refractivity contribution in [2.45, 2.75) is 39.5 Å². The molecule has 0 saturated heterocycles. The van der Waals surface area contributed by atoms with Crippen LogP contribution < -0.4 is 0 Å². The number of hydrogen-bond donors (Lipinski definition) is 0. The molecule has 0 aliphatic carbocycles. The molecule has 0 spiro atoms. The minimum atomic E-state index is -1.91. The van der Waals surface area contributed by atoms with Crippen molar-refractivity contribution in [3.05, 3.63) is 0 Å². The van der Waals surface area contributed by atoms with Gasteiger partial charge in [0.2, 0.25) is 0 Å². The molecule has 0 heterocycles. The largest absolute Gasteiger partial charge is 0.466 e. The Balaban J connectivity index is 3.31. The summed E-state index contributed by atoms with van der Waals surface area (Å²) in [5, 5.41) is 0. The van der Waals surface area contributed by atoms with Crippen LogP contribution in [0.5, 0.6) is 0 Å². The average Bonchev–Trinajstić information content (AvgIpc) is 1.97. The van der Waals surface area contributed by atoms with E-state index in [-0.39, 0.29) is 19.0 Å². The molecule has 0 atom stereocenters. The first-order chi connectivity index (χ1) is 5.95.